The molecule has 4 unspecified atom stereocenters. The van der Waals surface area contributed by atoms with E-state index in [0.717, 1.165) is 96.2 Å². The Balaban J connectivity index is 0.000000186. The van der Waals surface area contributed by atoms with Crippen LogP contribution in [0.4, 0.5) is 0 Å². The Morgan fingerprint density at radius 3 is 1.48 bits per heavy atom. The van der Waals surface area contributed by atoms with E-state index in [1.165, 1.54) is 0 Å². The number of nitrogens with zero attached hydrogens (tertiary/aromatic N) is 4. The number of hydrogen-bond acceptors (Lipinski definition) is 10. The lowest BCUT2D eigenvalue weighted by Gasteiger charge is -2.29. The molecule has 2 aliphatic carbocycles. The summed E-state index contributed by atoms with van der Waals surface area (Å²) in [6.07, 6.45) is 7.90. The second-order valence-corrected chi connectivity index (χ2v) is 16.4. The molecule has 0 saturated heterocycles. The lowest BCUT2D eigenvalue weighted by Crippen LogP contribution is -2.38. The fourth-order valence-corrected chi connectivity index (χ4v) is 9.03. The molecule has 0 spiro atoms. The van der Waals surface area contributed by atoms with Crippen molar-refractivity contribution in [3.8, 4) is 23.0 Å². The van der Waals surface area contributed by atoms with Gasteiger partial charge in [0.1, 0.15) is 34.6 Å². The van der Waals surface area contributed by atoms with Crippen molar-refractivity contribution in [3.63, 3.8) is 0 Å². The topological polar surface area (TPSA) is 183 Å². The minimum absolute atomic E-state index is 0.0999. The van der Waals surface area contributed by atoms with Crippen LogP contribution in [0.2, 0.25) is 0 Å². The maximum atomic E-state index is 12.9. The molecule has 2 fully saturated rings. The van der Waals surface area contributed by atoms with Crippen LogP contribution in [0.1, 0.15) is 107 Å². The molecule has 0 radical (unpaired) electrons. The van der Waals surface area contributed by atoms with Crippen molar-refractivity contribution in [1.29, 1.82) is 0 Å². The molecule has 6 aromatic rings. The van der Waals surface area contributed by atoms with Gasteiger partial charge in [-0.1, -0.05) is 25.0 Å². The van der Waals surface area contributed by atoms with Gasteiger partial charge in [0, 0.05) is 74.4 Å². The molecular weight excluding hydrogens is 785 g/mol. The van der Waals surface area contributed by atoms with Gasteiger partial charge in [0.25, 0.3) is 11.8 Å². The van der Waals surface area contributed by atoms with Gasteiger partial charge in [-0.15, -0.1) is 0 Å². The molecule has 0 aliphatic heterocycles. The van der Waals surface area contributed by atoms with E-state index in [1.807, 2.05) is 12.1 Å². The average molecular weight is 845 g/mol. The van der Waals surface area contributed by atoms with E-state index in [2.05, 4.69) is 58.1 Å². The second kappa shape index (κ2) is 19.7. The van der Waals surface area contributed by atoms with Crippen molar-refractivity contribution < 1.29 is 28.5 Å². The van der Waals surface area contributed by atoms with E-state index in [4.69, 9.17) is 40.4 Å². The van der Waals surface area contributed by atoms with Crippen LogP contribution in [0.3, 0.4) is 0 Å². The van der Waals surface area contributed by atoms with Gasteiger partial charge < -0.3 is 50.2 Å². The molecule has 14 nitrogen and oxygen atoms in total. The Morgan fingerprint density at radius 2 is 1.02 bits per heavy atom. The number of amides is 2. The second-order valence-electron chi connectivity index (χ2n) is 16.4. The third-order valence-corrected chi connectivity index (χ3v) is 12.4. The fraction of sp³-hybridized carbons (Fsp3) is 0.417. The van der Waals surface area contributed by atoms with Crippen molar-refractivity contribution in [3.05, 3.63) is 107 Å². The summed E-state index contributed by atoms with van der Waals surface area (Å²) >= 11 is 0. The zero-order chi connectivity index (χ0) is 43.9. The van der Waals surface area contributed by atoms with Crippen molar-refractivity contribution in [1.82, 2.24) is 29.7 Å². The molecule has 14 heteroatoms. The molecule has 4 atom stereocenters. The number of benzene rings is 4. The first-order chi connectivity index (χ1) is 30.0. The lowest BCUT2D eigenvalue weighted by molar-refractivity contribution is 0.0915. The number of ether oxygens (including phenoxy) is 4. The Morgan fingerprint density at radius 1 is 0.581 bits per heavy atom. The maximum absolute atomic E-state index is 12.9. The highest BCUT2D eigenvalue weighted by Gasteiger charge is 2.30. The summed E-state index contributed by atoms with van der Waals surface area (Å²) in [6, 6.07) is 23.1. The van der Waals surface area contributed by atoms with Gasteiger partial charge in [-0.25, -0.2) is 9.97 Å². The Labute approximate surface area is 363 Å². The van der Waals surface area contributed by atoms with Gasteiger partial charge in [0.15, 0.2) is 0 Å². The van der Waals surface area contributed by atoms with Gasteiger partial charge in [0.2, 0.25) is 0 Å². The predicted octanol–water partition coefficient (Wildman–Crippen LogP) is 7.01. The van der Waals surface area contributed by atoms with Crippen molar-refractivity contribution in [2.24, 2.45) is 25.6 Å². The molecular formula is C48H60N8O6. The normalized spacial score (nSPS) is 18.7. The molecule has 2 aliphatic rings. The first-order valence-electron chi connectivity index (χ1n) is 21.4. The smallest absolute Gasteiger partial charge is 0.251 e. The number of nitrogens with one attached hydrogen (secondary N) is 2. The van der Waals surface area contributed by atoms with E-state index >= 15 is 0 Å². The van der Waals surface area contributed by atoms with E-state index in [0.29, 0.717) is 59.1 Å². The number of nitrogens with two attached hydrogens (primary N) is 2. The van der Waals surface area contributed by atoms with Gasteiger partial charge in [-0.2, -0.15) is 0 Å². The van der Waals surface area contributed by atoms with Crippen LogP contribution in [0.5, 0.6) is 23.0 Å². The molecule has 6 N–H and O–H groups in total. The summed E-state index contributed by atoms with van der Waals surface area (Å²) in [4.78, 5) is 35.7. The molecule has 8 rings (SSSR count). The van der Waals surface area contributed by atoms with Crippen LogP contribution >= 0.6 is 0 Å². The first kappa shape index (κ1) is 44.0. The molecule has 2 saturated carbocycles. The highest BCUT2D eigenvalue weighted by Crippen LogP contribution is 2.36. The number of hydrogen-bond donors (Lipinski definition) is 4. The zero-order valence-corrected chi connectivity index (χ0v) is 36.7. The minimum Gasteiger partial charge on any atom is -0.497 e. The van der Waals surface area contributed by atoms with Crippen molar-refractivity contribution >= 4 is 33.9 Å². The van der Waals surface area contributed by atoms with E-state index in [9.17, 15) is 9.59 Å². The van der Waals surface area contributed by atoms with Crippen LogP contribution in [0, 0.1) is 0 Å². The number of fused-ring (bicyclic) bond motifs is 2. The number of rotatable bonds is 12. The standard InChI is InChI=1S/2C24H30N4O3/c1-28-22-8-7-15(14-25)9-21(22)27-23(28)16-5-4-6-18(10-16)26-24(29)17-11-19(30-2)13-20(12-17)31-3;1-28-22-9-15(14-25)7-8-21(22)27-23(28)16-5-4-6-18(10-16)26-24(29)17-11-19(30-2)13-20(12-17)31-3/h2*7-9,11-13,16,18H,4-6,10,14,25H2,1-3H3,(H,26,29). The zero-order valence-electron chi connectivity index (χ0n) is 36.7. The number of methoxy groups -OCH3 is 4. The third kappa shape index (κ3) is 9.82. The third-order valence-electron chi connectivity index (χ3n) is 12.4. The van der Waals surface area contributed by atoms with Gasteiger partial charge >= 0.3 is 0 Å². The molecule has 4 aromatic carbocycles. The maximum Gasteiger partial charge on any atom is 0.251 e. The summed E-state index contributed by atoms with van der Waals surface area (Å²) in [5.74, 6) is 4.93. The number of aromatic nitrogens is 4. The van der Waals surface area contributed by atoms with Crippen LogP contribution in [-0.4, -0.2) is 71.4 Å². The van der Waals surface area contributed by atoms with Crippen LogP contribution in [0.25, 0.3) is 22.1 Å². The summed E-state index contributed by atoms with van der Waals surface area (Å²) in [5, 5.41) is 6.41. The Bertz CT molecular complexity index is 2400. The van der Waals surface area contributed by atoms with Gasteiger partial charge in [-0.3, -0.25) is 9.59 Å². The van der Waals surface area contributed by atoms with Crippen LogP contribution in [-0.2, 0) is 27.2 Å². The van der Waals surface area contributed by atoms with Crippen molar-refractivity contribution in [2.75, 3.05) is 28.4 Å². The Kier molecular flexibility index (Phi) is 14.0. The van der Waals surface area contributed by atoms with E-state index in [-0.39, 0.29) is 23.9 Å². The SMILES string of the molecule is COc1cc(OC)cc(C(=O)NC2CCCC(c3nc4cc(CN)ccc4n3C)C2)c1.COc1cc(OC)cc(C(=O)NC2CCCC(c3nc4ccc(CN)cc4n3C)C2)c1. The lowest BCUT2D eigenvalue weighted by atomic mass is 9.85. The Hall–Kier alpha value is -6.12. The molecule has 328 valence electrons. The fourth-order valence-electron chi connectivity index (χ4n) is 9.03. The van der Waals surface area contributed by atoms with E-state index in [1.54, 1.807) is 64.8 Å². The number of carbonyl (C=O) groups excluding carboxylic acids is 2. The highest BCUT2D eigenvalue weighted by molar-refractivity contribution is 5.96. The molecule has 0 bridgehead atoms. The van der Waals surface area contributed by atoms with Gasteiger partial charge in [0.05, 0.1) is 50.5 Å². The van der Waals surface area contributed by atoms with Crippen molar-refractivity contribution in [2.45, 2.75) is 88.4 Å². The van der Waals surface area contributed by atoms with Crippen LogP contribution < -0.4 is 41.0 Å². The number of aryl methyl sites for hydroxylation is 2. The number of carbonyl (C=O) groups is 2. The monoisotopic (exact) mass is 844 g/mol. The van der Waals surface area contributed by atoms with Crippen LogP contribution in [0.15, 0.2) is 72.8 Å². The minimum atomic E-state index is -0.111. The highest BCUT2D eigenvalue weighted by atomic mass is 16.5. The number of imidazole rings is 2. The summed E-state index contributed by atoms with van der Waals surface area (Å²) in [7, 11) is 10.4. The van der Waals surface area contributed by atoms with Gasteiger partial charge in [-0.05, 0) is 98.2 Å². The molecule has 62 heavy (non-hydrogen) atoms. The molecule has 2 aromatic heterocycles. The summed E-state index contributed by atoms with van der Waals surface area (Å²) < 4.78 is 25.5. The summed E-state index contributed by atoms with van der Waals surface area (Å²) in [5.41, 5.74) is 19.0. The van der Waals surface area contributed by atoms with E-state index < -0.39 is 0 Å². The quantitative estimate of drug-likeness (QED) is 0.100. The summed E-state index contributed by atoms with van der Waals surface area (Å²) in [6.45, 7) is 1.03. The average Bonchev–Trinajstić information content (AvgIpc) is 3.83. The molecule has 2 heterocycles. The molecule has 2 amide bonds. The predicted molar refractivity (Wildman–Crippen MR) is 241 cm³/mol. The first-order valence-corrected chi connectivity index (χ1v) is 21.4. The largest absolute Gasteiger partial charge is 0.497 e.